The molecule has 0 fully saturated rings. The number of para-hydroxylation sites is 1. The first-order chi connectivity index (χ1) is 10.2. The monoisotopic (exact) mass is 287 g/mol. The zero-order chi connectivity index (χ0) is 15.2. The molecule has 108 valence electrons. The summed E-state index contributed by atoms with van der Waals surface area (Å²) in [5.41, 5.74) is 0.786. The van der Waals surface area contributed by atoms with Crippen LogP contribution in [0.3, 0.4) is 0 Å². The van der Waals surface area contributed by atoms with E-state index in [2.05, 4.69) is 0 Å². The van der Waals surface area contributed by atoms with E-state index < -0.39 is 5.82 Å². The van der Waals surface area contributed by atoms with E-state index in [4.69, 9.17) is 14.7 Å². The second-order valence-corrected chi connectivity index (χ2v) is 4.29. The molecule has 0 heterocycles. The van der Waals surface area contributed by atoms with Crippen LogP contribution < -0.4 is 9.47 Å². The molecule has 2 rings (SSSR count). The van der Waals surface area contributed by atoms with Gasteiger partial charge in [-0.2, -0.15) is 5.26 Å². The molecule has 0 aromatic heterocycles. The molecule has 0 aliphatic rings. The van der Waals surface area contributed by atoms with Gasteiger partial charge in [0.15, 0.2) is 11.5 Å². The first kappa shape index (κ1) is 14.8. The highest BCUT2D eigenvalue weighted by Gasteiger charge is 2.13. The van der Waals surface area contributed by atoms with Crippen LogP contribution in [0.1, 0.15) is 16.7 Å². The van der Waals surface area contributed by atoms with E-state index in [1.165, 1.54) is 13.2 Å². The summed E-state index contributed by atoms with van der Waals surface area (Å²) in [6.45, 7) is -0.276. The van der Waals surface area contributed by atoms with Crippen molar-refractivity contribution in [3.63, 3.8) is 0 Å². The summed E-state index contributed by atoms with van der Waals surface area (Å²) in [6, 6.07) is 11.4. The van der Waals surface area contributed by atoms with Crippen molar-refractivity contribution in [2.24, 2.45) is 0 Å². The maximum absolute atomic E-state index is 14.0. The minimum atomic E-state index is -0.597. The number of ether oxygens (including phenoxy) is 2. The van der Waals surface area contributed by atoms with E-state index in [0.29, 0.717) is 17.1 Å². The first-order valence-corrected chi connectivity index (χ1v) is 6.28. The fourth-order valence-corrected chi connectivity index (χ4v) is 1.94. The van der Waals surface area contributed by atoms with Gasteiger partial charge < -0.3 is 14.6 Å². The van der Waals surface area contributed by atoms with Crippen LogP contribution in [0.2, 0.25) is 0 Å². The molecule has 0 aliphatic carbocycles. The molecule has 4 nitrogen and oxygen atoms in total. The lowest BCUT2D eigenvalue weighted by Crippen LogP contribution is -2.03. The van der Waals surface area contributed by atoms with E-state index in [9.17, 15) is 9.50 Å². The van der Waals surface area contributed by atoms with E-state index in [-0.39, 0.29) is 24.3 Å². The Morgan fingerprint density at radius 1 is 1.19 bits per heavy atom. The number of hydrogen-bond donors (Lipinski definition) is 1. The van der Waals surface area contributed by atoms with E-state index in [0.717, 1.165) is 0 Å². The number of halogens is 1. The van der Waals surface area contributed by atoms with E-state index in [1.807, 2.05) is 0 Å². The lowest BCUT2D eigenvalue weighted by Gasteiger charge is -2.14. The predicted octanol–water partition coefficient (Wildman–Crippen LogP) is 2.78. The van der Waals surface area contributed by atoms with Gasteiger partial charge in [0.1, 0.15) is 18.5 Å². The van der Waals surface area contributed by atoms with Gasteiger partial charge in [-0.15, -0.1) is 0 Å². The summed E-state index contributed by atoms with van der Waals surface area (Å²) in [6.07, 6.45) is 0. The molecular formula is C16H14FNO3. The van der Waals surface area contributed by atoms with Crippen molar-refractivity contribution in [2.45, 2.75) is 13.2 Å². The Morgan fingerprint density at radius 2 is 1.90 bits per heavy atom. The van der Waals surface area contributed by atoms with Gasteiger partial charge in [0.2, 0.25) is 0 Å². The fraction of sp³-hybridized carbons (Fsp3) is 0.188. The van der Waals surface area contributed by atoms with Gasteiger partial charge >= 0.3 is 0 Å². The lowest BCUT2D eigenvalue weighted by atomic mass is 10.1. The highest BCUT2D eigenvalue weighted by Crippen LogP contribution is 2.32. The van der Waals surface area contributed by atoms with Crippen LogP contribution >= 0.6 is 0 Å². The summed E-state index contributed by atoms with van der Waals surface area (Å²) in [7, 11) is 1.49. The first-order valence-electron chi connectivity index (χ1n) is 6.28. The third-order valence-electron chi connectivity index (χ3n) is 3.02. The van der Waals surface area contributed by atoms with Crippen LogP contribution in [0.15, 0.2) is 36.4 Å². The van der Waals surface area contributed by atoms with Crippen LogP contribution in [-0.4, -0.2) is 12.2 Å². The normalized spacial score (nSPS) is 10.0. The van der Waals surface area contributed by atoms with E-state index in [1.54, 1.807) is 36.4 Å². The van der Waals surface area contributed by atoms with Crippen molar-refractivity contribution in [1.29, 1.82) is 5.26 Å². The number of methoxy groups -OCH3 is 1. The van der Waals surface area contributed by atoms with Crippen LogP contribution in [0.25, 0.3) is 0 Å². The Labute approximate surface area is 122 Å². The van der Waals surface area contributed by atoms with Gasteiger partial charge in [0.25, 0.3) is 0 Å². The molecule has 0 saturated carbocycles. The van der Waals surface area contributed by atoms with Crippen molar-refractivity contribution >= 4 is 0 Å². The number of aliphatic hydroxyl groups excluding tert-OH is 1. The van der Waals surface area contributed by atoms with Gasteiger partial charge in [-0.25, -0.2) is 4.39 Å². The third-order valence-corrected chi connectivity index (χ3v) is 3.02. The molecule has 0 amide bonds. The molecule has 0 atom stereocenters. The quantitative estimate of drug-likeness (QED) is 0.918. The van der Waals surface area contributed by atoms with Crippen LogP contribution in [0, 0.1) is 17.1 Å². The SMILES string of the molecule is COc1cccc(CO)c1OCc1cccc(C#N)c1F. The highest BCUT2D eigenvalue weighted by molar-refractivity contribution is 5.46. The summed E-state index contributed by atoms with van der Waals surface area (Å²) in [5, 5.41) is 18.1. The Balaban J connectivity index is 2.27. The molecule has 2 aromatic carbocycles. The van der Waals surface area contributed by atoms with Crippen LogP contribution in [0.4, 0.5) is 4.39 Å². The average molecular weight is 287 g/mol. The summed E-state index contributed by atoms with van der Waals surface area (Å²) >= 11 is 0. The minimum absolute atomic E-state index is 0.0292. The maximum Gasteiger partial charge on any atom is 0.167 e. The zero-order valence-corrected chi connectivity index (χ0v) is 11.5. The zero-order valence-electron chi connectivity index (χ0n) is 11.5. The summed E-state index contributed by atoms with van der Waals surface area (Å²) in [5.74, 6) is 0.225. The summed E-state index contributed by atoms with van der Waals surface area (Å²) in [4.78, 5) is 0. The molecule has 2 aromatic rings. The summed E-state index contributed by atoms with van der Waals surface area (Å²) < 4.78 is 24.7. The highest BCUT2D eigenvalue weighted by atomic mass is 19.1. The van der Waals surface area contributed by atoms with E-state index >= 15 is 0 Å². The largest absolute Gasteiger partial charge is 0.493 e. The third kappa shape index (κ3) is 3.12. The van der Waals surface area contributed by atoms with Crippen molar-refractivity contribution in [3.05, 3.63) is 58.9 Å². The van der Waals surface area contributed by atoms with Crippen molar-refractivity contribution in [3.8, 4) is 17.6 Å². The number of nitrogens with zero attached hydrogens (tertiary/aromatic N) is 1. The average Bonchev–Trinajstić information content (AvgIpc) is 2.53. The molecule has 0 spiro atoms. The Kier molecular flexibility index (Phi) is 4.75. The van der Waals surface area contributed by atoms with Crippen molar-refractivity contribution in [2.75, 3.05) is 7.11 Å². The van der Waals surface area contributed by atoms with Gasteiger partial charge in [-0.3, -0.25) is 0 Å². The van der Waals surface area contributed by atoms with Gasteiger partial charge in [0, 0.05) is 11.1 Å². The molecule has 0 bridgehead atoms. The fourth-order valence-electron chi connectivity index (χ4n) is 1.94. The number of nitriles is 1. The number of rotatable bonds is 5. The second kappa shape index (κ2) is 6.73. The topological polar surface area (TPSA) is 62.5 Å². The van der Waals surface area contributed by atoms with Gasteiger partial charge in [-0.1, -0.05) is 24.3 Å². The molecule has 5 heteroatoms. The molecule has 0 saturated heterocycles. The lowest BCUT2D eigenvalue weighted by molar-refractivity contribution is 0.248. The minimum Gasteiger partial charge on any atom is -0.493 e. The van der Waals surface area contributed by atoms with Crippen LogP contribution in [-0.2, 0) is 13.2 Å². The number of hydrogen-bond acceptors (Lipinski definition) is 4. The number of aliphatic hydroxyl groups is 1. The number of benzene rings is 2. The molecule has 1 N–H and O–H groups in total. The van der Waals surface area contributed by atoms with Crippen molar-refractivity contribution < 1.29 is 19.0 Å². The molecule has 21 heavy (non-hydrogen) atoms. The Bertz CT molecular complexity index is 657. The smallest absolute Gasteiger partial charge is 0.167 e. The van der Waals surface area contributed by atoms with Gasteiger partial charge in [-0.05, 0) is 12.1 Å². The second-order valence-electron chi connectivity index (χ2n) is 4.29. The maximum atomic E-state index is 14.0. The molecular weight excluding hydrogens is 273 g/mol. The van der Waals surface area contributed by atoms with Crippen molar-refractivity contribution in [1.82, 2.24) is 0 Å². The molecule has 0 radical (unpaired) electrons. The Morgan fingerprint density at radius 3 is 2.57 bits per heavy atom. The molecule has 0 unspecified atom stereocenters. The standard InChI is InChI=1S/C16H14FNO3/c1-20-14-7-3-5-12(9-19)16(14)21-10-13-6-2-4-11(8-18)15(13)17/h2-7,19H,9-10H2,1H3. The molecule has 0 aliphatic heterocycles. The predicted molar refractivity (Wildman–Crippen MR) is 74.4 cm³/mol. The van der Waals surface area contributed by atoms with Gasteiger partial charge in [0.05, 0.1) is 19.3 Å². The van der Waals surface area contributed by atoms with Crippen LogP contribution in [0.5, 0.6) is 11.5 Å². The Hall–Kier alpha value is -2.58.